The molecule has 3 N–H and O–H groups in total. The highest BCUT2D eigenvalue weighted by Gasteiger charge is 2.14. The number of methoxy groups -OCH3 is 1. The van der Waals surface area contributed by atoms with Gasteiger partial charge in [-0.2, -0.15) is 0 Å². The third kappa shape index (κ3) is 4.48. The van der Waals surface area contributed by atoms with E-state index in [1.807, 2.05) is 54.7 Å². The number of amides is 1. The van der Waals surface area contributed by atoms with Gasteiger partial charge in [0, 0.05) is 22.3 Å². The molecular weight excluding hydrogens is 300 g/mol. The summed E-state index contributed by atoms with van der Waals surface area (Å²) in [5, 5.41) is 5.53. The first kappa shape index (κ1) is 16.3. The molecule has 22 heavy (non-hydrogen) atoms. The van der Waals surface area contributed by atoms with Crippen molar-refractivity contribution in [1.29, 1.82) is 0 Å². The van der Waals surface area contributed by atoms with Crippen LogP contribution >= 0.6 is 11.6 Å². The standard InChI is InChI=1S/C17H19ClN2O2/c1-12(15-8-3-4-9-16(15)18)19-11-17(21)20-13-6-5-7-14(10-13)22-2/h3-10,12,19H,11H2,1-2H3,(H,20,21)/p+1/t12-/m0/s1. The maximum absolute atomic E-state index is 12.0. The van der Waals surface area contributed by atoms with Gasteiger partial charge in [-0.15, -0.1) is 0 Å². The molecule has 0 unspecified atom stereocenters. The van der Waals surface area contributed by atoms with Crippen molar-refractivity contribution in [2.24, 2.45) is 0 Å². The molecule has 4 nitrogen and oxygen atoms in total. The number of carbonyl (C=O) groups is 1. The zero-order chi connectivity index (χ0) is 15.9. The lowest BCUT2D eigenvalue weighted by atomic mass is 10.1. The van der Waals surface area contributed by atoms with Crippen LogP contribution in [0.5, 0.6) is 5.75 Å². The molecule has 116 valence electrons. The SMILES string of the molecule is COc1cccc(NC(=O)C[NH2+][C@@H](C)c2ccccc2Cl)c1. The van der Waals surface area contributed by atoms with Crippen LogP contribution in [0.15, 0.2) is 48.5 Å². The summed E-state index contributed by atoms with van der Waals surface area (Å²) >= 11 is 6.16. The molecular formula is C17H20ClN2O2+. The zero-order valence-corrected chi connectivity index (χ0v) is 13.4. The molecule has 0 bridgehead atoms. The Morgan fingerprint density at radius 1 is 1.27 bits per heavy atom. The van der Waals surface area contributed by atoms with Gasteiger partial charge in [-0.25, -0.2) is 0 Å². The third-order valence-electron chi connectivity index (χ3n) is 3.41. The lowest BCUT2D eigenvalue weighted by Crippen LogP contribution is -2.86. The normalized spacial score (nSPS) is 11.8. The molecule has 0 aliphatic heterocycles. The Hall–Kier alpha value is -2.04. The second-order valence-electron chi connectivity index (χ2n) is 5.03. The van der Waals surface area contributed by atoms with Gasteiger partial charge >= 0.3 is 0 Å². The quantitative estimate of drug-likeness (QED) is 0.860. The van der Waals surface area contributed by atoms with E-state index in [0.29, 0.717) is 12.3 Å². The summed E-state index contributed by atoms with van der Waals surface area (Å²) in [7, 11) is 1.60. The molecule has 2 aromatic carbocycles. The number of nitrogens with one attached hydrogen (secondary N) is 1. The van der Waals surface area contributed by atoms with E-state index in [1.165, 1.54) is 0 Å². The number of anilines is 1. The predicted molar refractivity (Wildman–Crippen MR) is 88.3 cm³/mol. The average molecular weight is 320 g/mol. The monoisotopic (exact) mass is 319 g/mol. The van der Waals surface area contributed by atoms with Crippen LogP contribution < -0.4 is 15.4 Å². The van der Waals surface area contributed by atoms with E-state index in [9.17, 15) is 4.79 Å². The molecule has 0 saturated carbocycles. The topological polar surface area (TPSA) is 54.9 Å². The third-order valence-corrected chi connectivity index (χ3v) is 3.75. The Morgan fingerprint density at radius 2 is 2.05 bits per heavy atom. The van der Waals surface area contributed by atoms with Crippen LogP contribution in [0.4, 0.5) is 5.69 Å². The van der Waals surface area contributed by atoms with Gasteiger partial charge in [-0.05, 0) is 25.1 Å². The van der Waals surface area contributed by atoms with Crippen molar-refractivity contribution in [2.75, 3.05) is 19.0 Å². The van der Waals surface area contributed by atoms with Gasteiger partial charge < -0.3 is 15.4 Å². The van der Waals surface area contributed by atoms with Crippen molar-refractivity contribution >= 4 is 23.2 Å². The van der Waals surface area contributed by atoms with E-state index in [2.05, 4.69) is 5.32 Å². The molecule has 0 spiro atoms. The fraction of sp³-hybridized carbons (Fsp3) is 0.235. The summed E-state index contributed by atoms with van der Waals surface area (Å²) in [6.07, 6.45) is 0. The van der Waals surface area contributed by atoms with Gasteiger partial charge in [0.2, 0.25) is 0 Å². The van der Waals surface area contributed by atoms with Gasteiger partial charge in [0.1, 0.15) is 11.8 Å². The predicted octanol–water partition coefficient (Wildman–Crippen LogP) is 2.61. The van der Waals surface area contributed by atoms with Gasteiger partial charge in [0.15, 0.2) is 6.54 Å². The molecule has 1 amide bonds. The van der Waals surface area contributed by atoms with E-state index in [0.717, 1.165) is 16.3 Å². The molecule has 0 fully saturated rings. The van der Waals surface area contributed by atoms with E-state index < -0.39 is 0 Å². The molecule has 0 aromatic heterocycles. The number of quaternary nitrogens is 1. The van der Waals surface area contributed by atoms with E-state index in [-0.39, 0.29) is 11.9 Å². The lowest BCUT2D eigenvalue weighted by molar-refractivity contribution is -0.682. The fourth-order valence-electron chi connectivity index (χ4n) is 2.17. The molecule has 0 heterocycles. The Morgan fingerprint density at radius 3 is 2.77 bits per heavy atom. The summed E-state index contributed by atoms with van der Waals surface area (Å²) in [6, 6.07) is 15.1. The Bertz CT molecular complexity index is 646. The minimum absolute atomic E-state index is 0.0628. The molecule has 2 aromatic rings. The van der Waals surface area contributed by atoms with Crippen LogP contribution in [-0.4, -0.2) is 19.6 Å². The van der Waals surface area contributed by atoms with Gasteiger partial charge in [0.05, 0.1) is 7.11 Å². The first-order valence-electron chi connectivity index (χ1n) is 7.12. The maximum Gasteiger partial charge on any atom is 0.279 e. The van der Waals surface area contributed by atoms with Crippen LogP contribution in [0.3, 0.4) is 0 Å². The van der Waals surface area contributed by atoms with Crippen LogP contribution in [0, 0.1) is 0 Å². The highest BCUT2D eigenvalue weighted by atomic mass is 35.5. The van der Waals surface area contributed by atoms with Crippen molar-refractivity contribution in [3.8, 4) is 5.75 Å². The van der Waals surface area contributed by atoms with Crippen molar-refractivity contribution in [1.82, 2.24) is 0 Å². The largest absolute Gasteiger partial charge is 0.497 e. The minimum atomic E-state index is -0.0628. The highest BCUT2D eigenvalue weighted by molar-refractivity contribution is 6.31. The number of benzene rings is 2. The summed E-state index contributed by atoms with van der Waals surface area (Å²) in [4.78, 5) is 12.0. The van der Waals surface area contributed by atoms with Crippen molar-refractivity contribution < 1.29 is 14.8 Å². The number of hydrogen-bond acceptors (Lipinski definition) is 2. The zero-order valence-electron chi connectivity index (χ0n) is 12.7. The molecule has 0 radical (unpaired) electrons. The van der Waals surface area contributed by atoms with E-state index >= 15 is 0 Å². The molecule has 0 aliphatic rings. The number of rotatable bonds is 6. The first-order valence-corrected chi connectivity index (χ1v) is 7.49. The van der Waals surface area contributed by atoms with Gasteiger partial charge in [-0.3, -0.25) is 4.79 Å². The van der Waals surface area contributed by atoms with Gasteiger partial charge in [-0.1, -0.05) is 35.9 Å². The highest BCUT2D eigenvalue weighted by Crippen LogP contribution is 2.19. The van der Waals surface area contributed by atoms with Gasteiger partial charge in [0.25, 0.3) is 5.91 Å². The molecule has 1 atom stereocenters. The van der Waals surface area contributed by atoms with Crippen LogP contribution in [0.25, 0.3) is 0 Å². The summed E-state index contributed by atoms with van der Waals surface area (Å²) in [5.41, 5.74) is 1.75. The van der Waals surface area contributed by atoms with E-state index in [1.54, 1.807) is 13.2 Å². The lowest BCUT2D eigenvalue weighted by Gasteiger charge is -2.12. The second-order valence-corrected chi connectivity index (χ2v) is 5.44. The number of carbonyl (C=O) groups excluding carboxylic acids is 1. The van der Waals surface area contributed by atoms with Crippen molar-refractivity contribution in [3.05, 3.63) is 59.1 Å². The first-order chi connectivity index (χ1) is 10.6. The molecule has 2 rings (SSSR count). The molecule has 5 heteroatoms. The average Bonchev–Trinajstić information content (AvgIpc) is 2.53. The van der Waals surface area contributed by atoms with Crippen molar-refractivity contribution in [3.63, 3.8) is 0 Å². The fourth-order valence-corrected chi connectivity index (χ4v) is 2.48. The van der Waals surface area contributed by atoms with Crippen LogP contribution in [0.1, 0.15) is 18.5 Å². The number of halogens is 1. The maximum atomic E-state index is 12.0. The van der Waals surface area contributed by atoms with Crippen LogP contribution in [0.2, 0.25) is 5.02 Å². The Kier molecular flexibility index (Phi) is 5.81. The van der Waals surface area contributed by atoms with Crippen molar-refractivity contribution in [2.45, 2.75) is 13.0 Å². The second kappa shape index (κ2) is 7.82. The number of hydrogen-bond donors (Lipinski definition) is 2. The Labute approximate surface area is 135 Å². The molecule has 0 aliphatic carbocycles. The summed E-state index contributed by atoms with van der Waals surface area (Å²) < 4.78 is 5.13. The van der Waals surface area contributed by atoms with Crippen LogP contribution in [-0.2, 0) is 4.79 Å². The summed E-state index contributed by atoms with van der Waals surface area (Å²) in [6.45, 7) is 2.35. The van der Waals surface area contributed by atoms with E-state index in [4.69, 9.17) is 16.3 Å². The minimum Gasteiger partial charge on any atom is -0.497 e. The Balaban J connectivity index is 1.88. The number of ether oxygens (including phenoxy) is 1. The smallest absolute Gasteiger partial charge is 0.279 e. The summed E-state index contributed by atoms with van der Waals surface area (Å²) in [5.74, 6) is 0.651. The number of nitrogens with two attached hydrogens (primary N) is 1. The molecule has 0 saturated heterocycles.